The van der Waals surface area contributed by atoms with Crippen LogP contribution >= 0.6 is 0 Å². The SMILES string of the molecule is CC1=CC=C(C(=O)Nc2cc(-n3cnc(C)c3)cc(C(F)(F)F)c2)CC1Nc1nccc(-c2cccnc2)n1. The predicted octanol–water partition coefficient (Wildman–Crippen LogP) is 5.75. The van der Waals surface area contributed by atoms with Crippen molar-refractivity contribution in [1.82, 2.24) is 24.5 Å². The Morgan fingerprint density at radius 1 is 1.08 bits per heavy atom. The Labute approximate surface area is 222 Å². The summed E-state index contributed by atoms with van der Waals surface area (Å²) in [4.78, 5) is 30.2. The van der Waals surface area contributed by atoms with Crippen LogP contribution in [0.5, 0.6) is 0 Å². The van der Waals surface area contributed by atoms with E-state index in [0.717, 1.165) is 23.3 Å². The molecule has 0 bridgehead atoms. The van der Waals surface area contributed by atoms with Crippen molar-refractivity contribution in [3.8, 4) is 16.9 Å². The van der Waals surface area contributed by atoms with Gasteiger partial charge >= 0.3 is 6.18 Å². The normalized spacial score (nSPS) is 15.4. The van der Waals surface area contributed by atoms with Gasteiger partial charge in [0, 0.05) is 53.7 Å². The zero-order valence-corrected chi connectivity index (χ0v) is 21.1. The van der Waals surface area contributed by atoms with Gasteiger partial charge in [-0.2, -0.15) is 13.2 Å². The second kappa shape index (κ2) is 10.5. The zero-order chi connectivity index (χ0) is 27.6. The van der Waals surface area contributed by atoms with Gasteiger partial charge in [-0.05, 0) is 50.2 Å². The van der Waals surface area contributed by atoms with E-state index in [0.29, 0.717) is 29.3 Å². The van der Waals surface area contributed by atoms with Crippen LogP contribution < -0.4 is 10.6 Å². The van der Waals surface area contributed by atoms with E-state index < -0.39 is 17.6 Å². The van der Waals surface area contributed by atoms with Crippen molar-refractivity contribution in [3.05, 3.63) is 102 Å². The number of imidazole rings is 1. The van der Waals surface area contributed by atoms with Gasteiger partial charge in [-0.25, -0.2) is 15.0 Å². The van der Waals surface area contributed by atoms with Crippen LogP contribution in [0.3, 0.4) is 0 Å². The van der Waals surface area contributed by atoms with E-state index >= 15 is 0 Å². The lowest BCUT2D eigenvalue weighted by molar-refractivity contribution is -0.137. The maximum atomic E-state index is 13.6. The molecule has 3 aromatic heterocycles. The molecule has 0 radical (unpaired) electrons. The van der Waals surface area contributed by atoms with Crippen LogP contribution in [0.1, 0.15) is 24.6 Å². The Hall–Kier alpha value is -4.80. The third kappa shape index (κ3) is 6.03. The molecule has 1 amide bonds. The molecule has 198 valence electrons. The highest BCUT2D eigenvalue weighted by Crippen LogP contribution is 2.33. The van der Waals surface area contributed by atoms with Crippen LogP contribution in [-0.4, -0.2) is 36.5 Å². The number of pyridine rings is 1. The molecule has 0 fully saturated rings. The van der Waals surface area contributed by atoms with Crippen molar-refractivity contribution in [2.24, 2.45) is 0 Å². The van der Waals surface area contributed by atoms with Crippen LogP contribution in [0.15, 0.2) is 90.8 Å². The molecule has 4 aromatic rings. The molecule has 0 aliphatic heterocycles. The van der Waals surface area contributed by atoms with Crippen molar-refractivity contribution in [1.29, 1.82) is 0 Å². The molecule has 3 heterocycles. The fourth-order valence-electron chi connectivity index (χ4n) is 4.16. The number of aryl methyl sites for hydroxylation is 1. The predicted molar refractivity (Wildman–Crippen MR) is 141 cm³/mol. The van der Waals surface area contributed by atoms with Gasteiger partial charge in [-0.3, -0.25) is 9.78 Å². The Balaban J connectivity index is 1.34. The number of alkyl halides is 3. The van der Waals surface area contributed by atoms with Crippen LogP contribution in [-0.2, 0) is 11.0 Å². The minimum atomic E-state index is -4.59. The zero-order valence-electron chi connectivity index (χ0n) is 21.1. The molecule has 0 spiro atoms. The summed E-state index contributed by atoms with van der Waals surface area (Å²) in [6.45, 7) is 3.66. The molecule has 2 N–H and O–H groups in total. The number of carbonyl (C=O) groups is 1. The van der Waals surface area contributed by atoms with Gasteiger partial charge in [0.25, 0.3) is 5.91 Å². The molecule has 8 nitrogen and oxygen atoms in total. The Kier molecular flexibility index (Phi) is 6.97. The van der Waals surface area contributed by atoms with Gasteiger partial charge in [0.15, 0.2) is 0 Å². The van der Waals surface area contributed by atoms with Gasteiger partial charge in [-0.1, -0.05) is 17.7 Å². The average Bonchev–Trinajstić information content (AvgIpc) is 3.36. The number of carbonyl (C=O) groups excluding carboxylic acids is 1. The fraction of sp³-hybridized carbons (Fsp3) is 0.179. The van der Waals surface area contributed by atoms with Crippen LogP contribution in [0.2, 0.25) is 0 Å². The van der Waals surface area contributed by atoms with Crippen LogP contribution in [0.25, 0.3) is 16.9 Å². The highest BCUT2D eigenvalue weighted by molar-refractivity contribution is 6.04. The number of amides is 1. The summed E-state index contributed by atoms with van der Waals surface area (Å²) < 4.78 is 42.3. The molecular weight excluding hydrogens is 507 g/mol. The van der Waals surface area contributed by atoms with E-state index in [1.165, 1.54) is 17.0 Å². The molecule has 39 heavy (non-hydrogen) atoms. The molecule has 1 unspecified atom stereocenters. The van der Waals surface area contributed by atoms with Crippen molar-refractivity contribution >= 4 is 17.5 Å². The van der Waals surface area contributed by atoms with Crippen molar-refractivity contribution < 1.29 is 18.0 Å². The van der Waals surface area contributed by atoms with E-state index in [4.69, 9.17) is 0 Å². The van der Waals surface area contributed by atoms with Gasteiger partial charge in [0.2, 0.25) is 5.95 Å². The molecular formula is C28H24F3N7O. The molecule has 1 aliphatic rings. The maximum Gasteiger partial charge on any atom is 0.416 e. The van der Waals surface area contributed by atoms with E-state index in [-0.39, 0.29) is 17.4 Å². The highest BCUT2D eigenvalue weighted by Gasteiger charge is 2.32. The standard InChI is InChI=1S/C28H24F3N7O/c1-17-5-6-19(10-25(17)37-27-33-9-7-24(36-27)20-4-3-8-32-14-20)26(39)35-22-11-21(28(29,30)31)12-23(13-22)38-15-18(2)34-16-38/h3-9,11-16,25H,10H2,1-2H3,(H,35,39)(H,33,36,37). The fourth-order valence-corrected chi connectivity index (χ4v) is 4.16. The first-order valence-corrected chi connectivity index (χ1v) is 12.1. The van der Waals surface area contributed by atoms with E-state index in [9.17, 15) is 18.0 Å². The number of rotatable bonds is 6. The van der Waals surface area contributed by atoms with Gasteiger partial charge < -0.3 is 15.2 Å². The number of nitrogens with zero attached hydrogens (tertiary/aromatic N) is 5. The van der Waals surface area contributed by atoms with Crippen molar-refractivity contribution in [2.75, 3.05) is 10.6 Å². The monoisotopic (exact) mass is 531 g/mol. The van der Waals surface area contributed by atoms with Crippen molar-refractivity contribution in [3.63, 3.8) is 0 Å². The number of hydrogen-bond donors (Lipinski definition) is 2. The minimum absolute atomic E-state index is 0.0281. The number of nitrogens with one attached hydrogen (secondary N) is 2. The second-order valence-corrected chi connectivity index (χ2v) is 9.15. The molecule has 1 aromatic carbocycles. The molecule has 1 aliphatic carbocycles. The van der Waals surface area contributed by atoms with Gasteiger partial charge in [0.1, 0.15) is 0 Å². The van der Waals surface area contributed by atoms with E-state index in [1.54, 1.807) is 49.9 Å². The first kappa shape index (κ1) is 25.8. The highest BCUT2D eigenvalue weighted by atomic mass is 19.4. The topological polar surface area (TPSA) is 97.6 Å². The smallest absolute Gasteiger partial charge is 0.347 e. The van der Waals surface area contributed by atoms with E-state index in [1.807, 2.05) is 19.1 Å². The summed E-state index contributed by atoms with van der Waals surface area (Å²) in [5, 5.41) is 5.90. The van der Waals surface area contributed by atoms with E-state index in [2.05, 4.69) is 30.6 Å². The largest absolute Gasteiger partial charge is 0.416 e. The summed E-state index contributed by atoms with van der Waals surface area (Å²) in [5.74, 6) is -0.114. The average molecular weight is 532 g/mol. The number of anilines is 2. The summed E-state index contributed by atoms with van der Waals surface area (Å²) in [6, 6.07) is 8.61. The number of hydrogen-bond acceptors (Lipinski definition) is 6. The quantitative estimate of drug-likeness (QED) is 0.329. The maximum absolute atomic E-state index is 13.6. The number of allylic oxidation sites excluding steroid dienone is 2. The number of benzene rings is 1. The molecule has 1 atom stereocenters. The first-order chi connectivity index (χ1) is 18.7. The molecule has 5 rings (SSSR count). The second-order valence-electron chi connectivity index (χ2n) is 9.15. The third-order valence-electron chi connectivity index (χ3n) is 6.24. The lowest BCUT2D eigenvalue weighted by Gasteiger charge is -2.24. The first-order valence-electron chi connectivity index (χ1n) is 12.1. The Bertz CT molecular complexity index is 1580. The number of aromatic nitrogens is 5. The number of halogens is 3. The third-order valence-corrected chi connectivity index (χ3v) is 6.24. The minimum Gasteiger partial charge on any atom is -0.347 e. The molecule has 0 saturated heterocycles. The lowest BCUT2D eigenvalue weighted by atomic mass is 9.93. The summed E-state index contributed by atoms with van der Waals surface area (Å²) in [5.41, 5.74) is 2.93. The van der Waals surface area contributed by atoms with Gasteiger partial charge in [-0.15, -0.1) is 0 Å². The summed E-state index contributed by atoms with van der Waals surface area (Å²) in [6.07, 6.45) is 7.23. The lowest BCUT2D eigenvalue weighted by Crippen LogP contribution is -2.28. The summed E-state index contributed by atoms with van der Waals surface area (Å²) >= 11 is 0. The summed E-state index contributed by atoms with van der Waals surface area (Å²) in [7, 11) is 0. The Morgan fingerprint density at radius 2 is 1.92 bits per heavy atom. The van der Waals surface area contributed by atoms with Crippen LogP contribution in [0, 0.1) is 6.92 Å². The van der Waals surface area contributed by atoms with Crippen LogP contribution in [0.4, 0.5) is 24.8 Å². The molecule has 0 saturated carbocycles. The Morgan fingerprint density at radius 3 is 2.64 bits per heavy atom. The van der Waals surface area contributed by atoms with Crippen molar-refractivity contribution in [2.45, 2.75) is 32.5 Å². The van der Waals surface area contributed by atoms with Gasteiger partial charge in [0.05, 0.1) is 29.3 Å². The molecule has 11 heteroatoms.